The Morgan fingerprint density at radius 1 is 1.22 bits per heavy atom. The first-order valence-electron chi connectivity index (χ1n) is 9.69. The molecule has 0 aromatic heterocycles. The number of anilines is 1. The molecule has 2 unspecified atom stereocenters. The number of amides is 1. The van der Waals surface area contributed by atoms with Crippen molar-refractivity contribution in [3.63, 3.8) is 0 Å². The standard InChI is InChI=1S/C20H33N3O3S/c1-16-12-17(2)14-22(13-16)11-7-10-21-20(24)15-23(27(4,25)26)19-9-6-5-8-18(19)3/h5-6,8-9,16-17H,7,10-15H2,1-4H3,(H,21,24). The smallest absolute Gasteiger partial charge is 0.240 e. The lowest BCUT2D eigenvalue weighted by atomic mass is 9.92. The second-order valence-electron chi connectivity index (χ2n) is 7.97. The van der Waals surface area contributed by atoms with Crippen molar-refractivity contribution in [1.82, 2.24) is 10.2 Å². The fourth-order valence-electron chi connectivity index (χ4n) is 3.92. The van der Waals surface area contributed by atoms with Gasteiger partial charge in [-0.2, -0.15) is 0 Å². The molecule has 1 saturated heterocycles. The molecule has 7 heteroatoms. The Morgan fingerprint density at radius 3 is 2.44 bits per heavy atom. The molecular weight excluding hydrogens is 362 g/mol. The second-order valence-corrected chi connectivity index (χ2v) is 9.87. The summed E-state index contributed by atoms with van der Waals surface area (Å²) in [4.78, 5) is 14.8. The van der Waals surface area contributed by atoms with E-state index in [9.17, 15) is 13.2 Å². The average molecular weight is 396 g/mol. The zero-order valence-corrected chi connectivity index (χ0v) is 17.8. The Bertz CT molecular complexity index is 726. The molecule has 0 aliphatic carbocycles. The van der Waals surface area contributed by atoms with E-state index in [1.807, 2.05) is 19.1 Å². The number of para-hydroxylation sites is 1. The van der Waals surface area contributed by atoms with E-state index in [1.54, 1.807) is 12.1 Å². The Kier molecular flexibility index (Phi) is 7.68. The van der Waals surface area contributed by atoms with Crippen molar-refractivity contribution in [2.75, 3.05) is 43.3 Å². The molecule has 1 fully saturated rings. The van der Waals surface area contributed by atoms with Crippen molar-refractivity contribution in [2.24, 2.45) is 11.8 Å². The normalized spacial score (nSPS) is 21.0. The van der Waals surface area contributed by atoms with Gasteiger partial charge in [0.1, 0.15) is 6.54 Å². The number of carbonyl (C=O) groups excluding carboxylic acids is 1. The van der Waals surface area contributed by atoms with E-state index in [0.29, 0.717) is 12.2 Å². The molecule has 2 atom stereocenters. The molecule has 152 valence electrons. The van der Waals surface area contributed by atoms with Crippen LogP contribution in [0.4, 0.5) is 5.69 Å². The van der Waals surface area contributed by atoms with Gasteiger partial charge in [-0.25, -0.2) is 8.42 Å². The highest BCUT2D eigenvalue weighted by molar-refractivity contribution is 7.92. The Balaban J connectivity index is 1.83. The molecule has 6 nitrogen and oxygen atoms in total. The maximum Gasteiger partial charge on any atom is 0.240 e. The summed E-state index contributed by atoms with van der Waals surface area (Å²) in [5, 5.41) is 2.86. The minimum Gasteiger partial charge on any atom is -0.354 e. The molecule has 1 amide bonds. The van der Waals surface area contributed by atoms with Gasteiger partial charge in [-0.15, -0.1) is 0 Å². The molecule has 1 aliphatic rings. The Hall–Kier alpha value is -1.60. The van der Waals surface area contributed by atoms with Gasteiger partial charge in [-0.1, -0.05) is 32.0 Å². The molecule has 1 heterocycles. The maximum atomic E-state index is 12.3. The zero-order chi connectivity index (χ0) is 20.0. The lowest BCUT2D eigenvalue weighted by Crippen LogP contribution is -2.42. The van der Waals surface area contributed by atoms with Crippen LogP contribution in [0.1, 0.15) is 32.3 Å². The van der Waals surface area contributed by atoms with Crippen LogP contribution in [0.15, 0.2) is 24.3 Å². The molecule has 2 rings (SSSR count). The topological polar surface area (TPSA) is 69.7 Å². The van der Waals surface area contributed by atoms with E-state index in [2.05, 4.69) is 24.1 Å². The number of sulfonamides is 1. The first-order chi connectivity index (χ1) is 12.7. The highest BCUT2D eigenvalue weighted by atomic mass is 32.2. The average Bonchev–Trinajstić information content (AvgIpc) is 2.55. The van der Waals surface area contributed by atoms with E-state index < -0.39 is 10.0 Å². The van der Waals surface area contributed by atoms with Gasteiger partial charge in [0.05, 0.1) is 11.9 Å². The summed E-state index contributed by atoms with van der Waals surface area (Å²) in [5.41, 5.74) is 1.37. The van der Waals surface area contributed by atoms with Gasteiger partial charge in [0, 0.05) is 19.6 Å². The van der Waals surface area contributed by atoms with Gasteiger partial charge >= 0.3 is 0 Å². The Labute approximate surface area is 164 Å². The number of benzene rings is 1. The SMILES string of the molecule is Cc1ccccc1N(CC(=O)NCCCN1CC(C)CC(C)C1)S(C)(=O)=O. The summed E-state index contributed by atoms with van der Waals surface area (Å²) in [6.45, 7) is 9.98. The Morgan fingerprint density at radius 2 is 1.85 bits per heavy atom. The van der Waals surface area contributed by atoms with Crippen molar-refractivity contribution < 1.29 is 13.2 Å². The number of nitrogens with zero attached hydrogens (tertiary/aromatic N) is 2. The second kappa shape index (κ2) is 9.55. The molecule has 0 saturated carbocycles. The molecule has 1 aromatic rings. The van der Waals surface area contributed by atoms with Crippen LogP contribution in [0.5, 0.6) is 0 Å². The third kappa shape index (κ3) is 6.81. The molecule has 1 N–H and O–H groups in total. The molecular formula is C20H33N3O3S. The minimum absolute atomic E-state index is 0.193. The van der Waals surface area contributed by atoms with Gasteiger partial charge in [0.15, 0.2) is 0 Å². The lowest BCUT2D eigenvalue weighted by Gasteiger charge is -2.34. The summed E-state index contributed by atoms with van der Waals surface area (Å²) in [5.74, 6) is 1.17. The lowest BCUT2D eigenvalue weighted by molar-refractivity contribution is -0.119. The first kappa shape index (κ1) is 21.7. The van der Waals surface area contributed by atoms with Crippen molar-refractivity contribution >= 4 is 21.6 Å². The third-order valence-electron chi connectivity index (χ3n) is 4.99. The highest BCUT2D eigenvalue weighted by Crippen LogP contribution is 2.22. The first-order valence-corrected chi connectivity index (χ1v) is 11.5. The van der Waals surface area contributed by atoms with Crippen molar-refractivity contribution in [2.45, 2.75) is 33.6 Å². The van der Waals surface area contributed by atoms with E-state index in [-0.39, 0.29) is 12.5 Å². The van der Waals surface area contributed by atoms with E-state index in [0.717, 1.165) is 49.7 Å². The summed E-state index contributed by atoms with van der Waals surface area (Å²) in [7, 11) is -3.53. The van der Waals surface area contributed by atoms with Crippen LogP contribution in [0, 0.1) is 18.8 Å². The predicted octanol–water partition coefficient (Wildman–Crippen LogP) is 2.25. The number of rotatable bonds is 8. The van der Waals surface area contributed by atoms with Crippen molar-refractivity contribution in [3.8, 4) is 0 Å². The minimum atomic E-state index is -3.53. The van der Waals surface area contributed by atoms with Gasteiger partial charge in [0.2, 0.25) is 15.9 Å². The number of likely N-dealkylation sites (tertiary alicyclic amines) is 1. The summed E-state index contributed by atoms with van der Waals surface area (Å²) in [6.07, 6.45) is 3.29. The number of hydrogen-bond acceptors (Lipinski definition) is 4. The highest BCUT2D eigenvalue weighted by Gasteiger charge is 2.23. The summed E-state index contributed by atoms with van der Waals surface area (Å²) < 4.78 is 25.5. The number of piperidine rings is 1. The van der Waals surface area contributed by atoms with Crippen LogP contribution in [0.3, 0.4) is 0 Å². The molecule has 27 heavy (non-hydrogen) atoms. The van der Waals surface area contributed by atoms with Crippen LogP contribution in [-0.2, 0) is 14.8 Å². The molecule has 0 radical (unpaired) electrons. The number of carbonyl (C=O) groups is 1. The van der Waals surface area contributed by atoms with Crippen LogP contribution in [0.2, 0.25) is 0 Å². The van der Waals surface area contributed by atoms with Gasteiger partial charge in [-0.05, 0) is 49.8 Å². The van der Waals surface area contributed by atoms with Gasteiger partial charge < -0.3 is 10.2 Å². The fraction of sp³-hybridized carbons (Fsp3) is 0.650. The molecule has 1 aliphatic heterocycles. The maximum absolute atomic E-state index is 12.3. The molecule has 1 aromatic carbocycles. The van der Waals surface area contributed by atoms with E-state index in [1.165, 1.54) is 10.7 Å². The van der Waals surface area contributed by atoms with Gasteiger partial charge in [-0.3, -0.25) is 9.10 Å². The summed E-state index contributed by atoms with van der Waals surface area (Å²) in [6, 6.07) is 7.19. The quantitative estimate of drug-likeness (QED) is 0.686. The monoisotopic (exact) mass is 395 g/mol. The van der Waals surface area contributed by atoms with Crippen molar-refractivity contribution in [1.29, 1.82) is 0 Å². The number of hydrogen-bond donors (Lipinski definition) is 1. The van der Waals surface area contributed by atoms with Crippen LogP contribution < -0.4 is 9.62 Å². The van der Waals surface area contributed by atoms with E-state index in [4.69, 9.17) is 0 Å². The van der Waals surface area contributed by atoms with Gasteiger partial charge in [0.25, 0.3) is 0 Å². The molecule has 0 bridgehead atoms. The van der Waals surface area contributed by atoms with Crippen LogP contribution in [-0.4, -0.2) is 58.2 Å². The largest absolute Gasteiger partial charge is 0.354 e. The molecule has 0 spiro atoms. The van der Waals surface area contributed by atoms with E-state index >= 15 is 0 Å². The summed E-state index contributed by atoms with van der Waals surface area (Å²) >= 11 is 0. The van der Waals surface area contributed by atoms with Crippen molar-refractivity contribution in [3.05, 3.63) is 29.8 Å². The predicted molar refractivity (Wildman–Crippen MR) is 110 cm³/mol. The fourth-order valence-corrected chi connectivity index (χ4v) is 4.83. The van der Waals surface area contributed by atoms with Crippen LogP contribution >= 0.6 is 0 Å². The number of nitrogens with one attached hydrogen (secondary N) is 1. The number of aryl methyl sites for hydroxylation is 1. The zero-order valence-electron chi connectivity index (χ0n) is 16.9. The van der Waals surface area contributed by atoms with Crippen LogP contribution in [0.25, 0.3) is 0 Å². The third-order valence-corrected chi connectivity index (χ3v) is 6.12.